The lowest BCUT2D eigenvalue weighted by atomic mass is 9.93. The van der Waals surface area contributed by atoms with Crippen LogP contribution in [0.2, 0.25) is 5.02 Å². The van der Waals surface area contributed by atoms with Crippen molar-refractivity contribution < 1.29 is 9.21 Å². The normalized spacial score (nSPS) is 14.6. The maximum absolute atomic E-state index is 12.7. The van der Waals surface area contributed by atoms with Gasteiger partial charge in [0, 0.05) is 28.3 Å². The monoisotopic (exact) mass is 393 g/mol. The second kappa shape index (κ2) is 7.90. The zero-order valence-corrected chi connectivity index (χ0v) is 16.2. The molecule has 0 spiro atoms. The number of anilines is 2. The zero-order valence-electron chi connectivity index (χ0n) is 15.5. The van der Waals surface area contributed by atoms with Gasteiger partial charge in [-0.2, -0.15) is 5.10 Å². The van der Waals surface area contributed by atoms with E-state index in [2.05, 4.69) is 15.8 Å². The van der Waals surface area contributed by atoms with Crippen molar-refractivity contribution in [2.75, 3.05) is 10.7 Å². The number of hydrazone groups is 1. The number of hydrogen-bond donors (Lipinski definition) is 2. The Morgan fingerprint density at radius 2 is 1.79 bits per heavy atom. The average molecular weight is 394 g/mol. The summed E-state index contributed by atoms with van der Waals surface area (Å²) in [7, 11) is 0. The molecule has 0 radical (unpaired) electrons. The third-order valence-corrected chi connectivity index (χ3v) is 4.98. The van der Waals surface area contributed by atoms with Gasteiger partial charge in [-0.3, -0.25) is 10.2 Å². The topological polar surface area (TPSA) is 66.6 Å². The molecule has 4 rings (SSSR count). The van der Waals surface area contributed by atoms with E-state index in [1.54, 1.807) is 24.3 Å². The summed E-state index contributed by atoms with van der Waals surface area (Å²) < 4.78 is 5.93. The molecule has 142 valence electrons. The SMILES string of the molecule is Cc1c(C(=O)Nc2ccc(Cl)cc2)oc2c1/C(=N/Nc1ccccc1)CCC2. The number of rotatable bonds is 4. The Bertz CT molecular complexity index is 1020. The van der Waals surface area contributed by atoms with Gasteiger partial charge in [-0.25, -0.2) is 0 Å². The fourth-order valence-electron chi connectivity index (χ4n) is 3.36. The van der Waals surface area contributed by atoms with E-state index in [1.807, 2.05) is 37.3 Å². The fourth-order valence-corrected chi connectivity index (χ4v) is 3.49. The second-order valence-corrected chi connectivity index (χ2v) is 7.14. The van der Waals surface area contributed by atoms with Crippen molar-refractivity contribution in [2.45, 2.75) is 26.2 Å². The van der Waals surface area contributed by atoms with Crippen LogP contribution in [0.3, 0.4) is 0 Å². The van der Waals surface area contributed by atoms with E-state index < -0.39 is 0 Å². The molecule has 0 bridgehead atoms. The molecule has 28 heavy (non-hydrogen) atoms. The summed E-state index contributed by atoms with van der Waals surface area (Å²) in [5.41, 5.74) is 7.36. The molecule has 0 atom stereocenters. The van der Waals surface area contributed by atoms with Gasteiger partial charge in [0.25, 0.3) is 5.91 Å². The summed E-state index contributed by atoms with van der Waals surface area (Å²) in [5, 5.41) is 8.06. The number of hydrogen-bond acceptors (Lipinski definition) is 4. The largest absolute Gasteiger partial charge is 0.455 e. The molecule has 1 heterocycles. The molecular weight excluding hydrogens is 374 g/mol. The van der Waals surface area contributed by atoms with Crippen molar-refractivity contribution >= 4 is 34.6 Å². The first-order valence-electron chi connectivity index (χ1n) is 9.19. The van der Waals surface area contributed by atoms with E-state index in [-0.39, 0.29) is 5.91 Å². The van der Waals surface area contributed by atoms with Crippen molar-refractivity contribution in [1.29, 1.82) is 0 Å². The predicted molar refractivity (Wildman–Crippen MR) is 112 cm³/mol. The number of benzene rings is 2. The van der Waals surface area contributed by atoms with Crippen molar-refractivity contribution in [3.8, 4) is 0 Å². The lowest BCUT2D eigenvalue weighted by molar-refractivity contribution is 0.0994. The van der Waals surface area contributed by atoms with Crippen LogP contribution in [-0.4, -0.2) is 11.6 Å². The summed E-state index contributed by atoms with van der Waals surface area (Å²) in [4.78, 5) is 12.7. The Balaban J connectivity index is 1.59. The van der Waals surface area contributed by atoms with Crippen LogP contribution < -0.4 is 10.7 Å². The summed E-state index contributed by atoms with van der Waals surface area (Å²) in [6.07, 6.45) is 2.58. The zero-order chi connectivity index (χ0) is 19.5. The summed E-state index contributed by atoms with van der Waals surface area (Å²) >= 11 is 5.90. The number of fused-ring (bicyclic) bond motifs is 1. The lowest BCUT2D eigenvalue weighted by Crippen LogP contribution is -2.14. The highest BCUT2D eigenvalue weighted by molar-refractivity contribution is 6.30. The Morgan fingerprint density at radius 3 is 2.54 bits per heavy atom. The molecule has 1 aromatic heterocycles. The van der Waals surface area contributed by atoms with E-state index in [0.717, 1.165) is 47.5 Å². The Labute approximate surface area is 168 Å². The number of aryl methyl sites for hydroxylation is 1. The molecular formula is C22H20ClN3O2. The predicted octanol–water partition coefficient (Wildman–Crippen LogP) is 5.65. The molecule has 0 aliphatic heterocycles. The minimum Gasteiger partial charge on any atom is -0.455 e. The van der Waals surface area contributed by atoms with Gasteiger partial charge in [0.05, 0.1) is 11.4 Å². The number of amides is 1. The number of carbonyl (C=O) groups excluding carboxylic acids is 1. The van der Waals surface area contributed by atoms with Gasteiger partial charge in [0.1, 0.15) is 5.76 Å². The maximum Gasteiger partial charge on any atom is 0.291 e. The lowest BCUT2D eigenvalue weighted by Gasteiger charge is -2.13. The molecule has 0 saturated heterocycles. The Morgan fingerprint density at radius 1 is 1.04 bits per heavy atom. The molecule has 0 unspecified atom stereocenters. The molecule has 1 aliphatic carbocycles. The molecule has 1 aliphatic rings. The molecule has 6 heteroatoms. The minimum atomic E-state index is -0.274. The van der Waals surface area contributed by atoms with Crippen LogP contribution in [0, 0.1) is 6.92 Å². The number of furan rings is 1. The first-order chi connectivity index (χ1) is 13.6. The van der Waals surface area contributed by atoms with E-state index in [9.17, 15) is 4.79 Å². The van der Waals surface area contributed by atoms with Crippen molar-refractivity contribution in [1.82, 2.24) is 0 Å². The third-order valence-electron chi connectivity index (χ3n) is 4.73. The average Bonchev–Trinajstić information content (AvgIpc) is 3.06. The number of carbonyl (C=O) groups is 1. The van der Waals surface area contributed by atoms with E-state index >= 15 is 0 Å². The van der Waals surface area contributed by atoms with Crippen molar-refractivity contribution in [3.63, 3.8) is 0 Å². The van der Waals surface area contributed by atoms with Gasteiger partial charge in [0.2, 0.25) is 0 Å². The van der Waals surface area contributed by atoms with Gasteiger partial charge in [-0.1, -0.05) is 29.8 Å². The number of nitrogens with zero attached hydrogens (tertiary/aromatic N) is 1. The standard InChI is InChI=1S/C22H20ClN3O2/c1-14-20-18(26-25-17-6-3-2-4-7-17)8-5-9-19(20)28-21(14)22(27)24-16-12-10-15(23)11-13-16/h2-4,6-7,10-13,25H,5,8-9H2,1H3,(H,24,27)/b26-18+. The van der Waals surface area contributed by atoms with Gasteiger partial charge in [0.15, 0.2) is 5.76 Å². The molecule has 2 N–H and O–H groups in total. The van der Waals surface area contributed by atoms with Crippen molar-refractivity contribution in [2.24, 2.45) is 5.10 Å². The van der Waals surface area contributed by atoms with E-state index in [1.165, 1.54) is 0 Å². The van der Waals surface area contributed by atoms with Crippen LogP contribution >= 0.6 is 11.6 Å². The fraction of sp³-hybridized carbons (Fsp3) is 0.182. The van der Waals surface area contributed by atoms with E-state index in [0.29, 0.717) is 16.5 Å². The van der Waals surface area contributed by atoms with Crippen molar-refractivity contribution in [3.05, 3.63) is 82.3 Å². The number of para-hydroxylation sites is 1. The van der Waals surface area contributed by atoms with Gasteiger partial charge in [-0.15, -0.1) is 0 Å². The minimum absolute atomic E-state index is 0.274. The Kier molecular flexibility index (Phi) is 5.17. The molecule has 2 aromatic carbocycles. The van der Waals surface area contributed by atoms with Gasteiger partial charge < -0.3 is 9.73 Å². The highest BCUT2D eigenvalue weighted by Crippen LogP contribution is 2.30. The Hall–Kier alpha value is -3.05. The second-order valence-electron chi connectivity index (χ2n) is 6.71. The van der Waals surface area contributed by atoms with Crippen LogP contribution in [0.15, 0.2) is 64.1 Å². The van der Waals surface area contributed by atoms with Gasteiger partial charge >= 0.3 is 0 Å². The quantitative estimate of drug-likeness (QED) is 0.563. The van der Waals surface area contributed by atoms with Crippen LogP contribution in [-0.2, 0) is 6.42 Å². The summed E-state index contributed by atoms with van der Waals surface area (Å²) in [5.74, 6) is 0.873. The van der Waals surface area contributed by atoms with Crippen LogP contribution in [0.25, 0.3) is 0 Å². The van der Waals surface area contributed by atoms with Crippen LogP contribution in [0.5, 0.6) is 0 Å². The summed E-state index contributed by atoms with van der Waals surface area (Å²) in [6, 6.07) is 16.8. The number of halogens is 1. The third kappa shape index (κ3) is 3.80. The number of nitrogens with one attached hydrogen (secondary N) is 2. The van der Waals surface area contributed by atoms with E-state index in [4.69, 9.17) is 16.0 Å². The van der Waals surface area contributed by atoms with Gasteiger partial charge in [-0.05, 0) is 56.2 Å². The maximum atomic E-state index is 12.7. The van der Waals surface area contributed by atoms with Crippen LogP contribution in [0.1, 0.15) is 40.3 Å². The van der Waals surface area contributed by atoms with Crippen LogP contribution in [0.4, 0.5) is 11.4 Å². The highest BCUT2D eigenvalue weighted by atomic mass is 35.5. The first-order valence-corrected chi connectivity index (χ1v) is 9.57. The molecule has 3 aromatic rings. The molecule has 1 amide bonds. The molecule has 0 saturated carbocycles. The highest BCUT2D eigenvalue weighted by Gasteiger charge is 2.28. The molecule has 0 fully saturated rings. The summed E-state index contributed by atoms with van der Waals surface area (Å²) in [6.45, 7) is 1.91. The smallest absolute Gasteiger partial charge is 0.291 e. The first kappa shape index (κ1) is 18.3. The molecule has 5 nitrogen and oxygen atoms in total.